The van der Waals surface area contributed by atoms with Gasteiger partial charge in [0, 0.05) is 61.6 Å². The number of benzene rings is 9. The molecule has 310 valence electrons. The van der Waals surface area contributed by atoms with Crippen LogP contribution in [-0.4, -0.2) is 9.13 Å². The topological polar surface area (TPSA) is 13.1 Å². The fraction of sp³-hybridized carbons (Fsp3) is 0.0968. The normalized spacial score (nSPS) is 14.1. The molecule has 9 aromatic carbocycles. The van der Waals surface area contributed by atoms with Gasteiger partial charge in [0.2, 0.25) is 0 Å². The van der Waals surface area contributed by atoms with Gasteiger partial charge in [0.25, 0.3) is 0 Å². The monoisotopic (exact) mass is 833 g/mol. The van der Waals surface area contributed by atoms with Crippen LogP contribution in [0.1, 0.15) is 49.9 Å². The van der Waals surface area contributed by atoms with Crippen LogP contribution in [-0.2, 0) is 10.8 Å². The SMILES string of the molecule is CC1(C)c2ccccc2-c2ccc(N(c3ccc(-c4ccc5c(c4)c4c6c(ccc4n5-c4ccccc4)ccn6-c4ccccc4)cc3)c3ccc4c(c3)C(C)(C)c3ccccc3-4)cc21. The van der Waals surface area contributed by atoms with Crippen molar-refractivity contribution in [3.05, 3.63) is 235 Å². The van der Waals surface area contributed by atoms with Gasteiger partial charge in [-0.15, -0.1) is 0 Å². The molecule has 0 fully saturated rings. The molecule has 0 saturated carbocycles. The quantitative estimate of drug-likeness (QED) is 0.163. The second kappa shape index (κ2) is 13.8. The molecule has 0 bridgehead atoms. The lowest BCUT2D eigenvalue weighted by Crippen LogP contribution is -2.18. The second-order valence-corrected chi connectivity index (χ2v) is 19.0. The Morgan fingerprint density at radius 3 is 1.51 bits per heavy atom. The van der Waals surface area contributed by atoms with Crippen molar-refractivity contribution in [2.24, 2.45) is 0 Å². The molecule has 13 rings (SSSR count). The average molecular weight is 834 g/mol. The first-order valence-corrected chi connectivity index (χ1v) is 22.8. The molecule has 2 aromatic heterocycles. The highest BCUT2D eigenvalue weighted by atomic mass is 15.1. The predicted octanol–water partition coefficient (Wildman–Crippen LogP) is 16.5. The minimum atomic E-state index is -0.115. The molecular weight excluding hydrogens is 787 g/mol. The number of hydrogen-bond acceptors (Lipinski definition) is 1. The number of rotatable bonds is 6. The fourth-order valence-corrected chi connectivity index (χ4v) is 11.5. The predicted molar refractivity (Wildman–Crippen MR) is 273 cm³/mol. The Bertz CT molecular complexity index is 3590. The van der Waals surface area contributed by atoms with Crippen LogP contribution in [0, 0.1) is 0 Å². The van der Waals surface area contributed by atoms with Crippen LogP contribution in [0.4, 0.5) is 17.1 Å². The van der Waals surface area contributed by atoms with Crippen molar-refractivity contribution in [2.45, 2.75) is 38.5 Å². The zero-order valence-corrected chi connectivity index (χ0v) is 37.0. The zero-order chi connectivity index (χ0) is 43.6. The summed E-state index contributed by atoms with van der Waals surface area (Å²) in [5.41, 5.74) is 22.3. The van der Waals surface area contributed by atoms with E-state index in [-0.39, 0.29) is 10.8 Å². The van der Waals surface area contributed by atoms with Gasteiger partial charge in [-0.25, -0.2) is 0 Å². The van der Waals surface area contributed by atoms with Gasteiger partial charge in [0.1, 0.15) is 0 Å². The third-order valence-electron chi connectivity index (χ3n) is 14.7. The van der Waals surface area contributed by atoms with E-state index in [1.807, 2.05) is 0 Å². The van der Waals surface area contributed by atoms with Gasteiger partial charge in [-0.05, 0) is 141 Å². The summed E-state index contributed by atoms with van der Waals surface area (Å²) in [5, 5.41) is 3.71. The molecule has 11 aromatic rings. The molecule has 0 N–H and O–H groups in total. The van der Waals surface area contributed by atoms with Crippen molar-refractivity contribution in [2.75, 3.05) is 4.90 Å². The Labute approximate surface area is 380 Å². The second-order valence-electron chi connectivity index (χ2n) is 19.0. The molecule has 2 aliphatic carbocycles. The van der Waals surface area contributed by atoms with Gasteiger partial charge < -0.3 is 14.0 Å². The highest BCUT2D eigenvalue weighted by Crippen LogP contribution is 2.53. The van der Waals surface area contributed by atoms with Crippen LogP contribution in [0.25, 0.3) is 77.5 Å². The molecule has 65 heavy (non-hydrogen) atoms. The van der Waals surface area contributed by atoms with E-state index in [2.05, 4.69) is 254 Å². The Hall–Kier alpha value is -7.88. The number of anilines is 3. The first-order chi connectivity index (χ1) is 31.8. The minimum Gasteiger partial charge on any atom is -0.316 e. The fourth-order valence-electron chi connectivity index (χ4n) is 11.5. The summed E-state index contributed by atoms with van der Waals surface area (Å²) in [7, 11) is 0. The van der Waals surface area contributed by atoms with Crippen LogP contribution >= 0.6 is 0 Å². The van der Waals surface area contributed by atoms with E-state index in [1.165, 1.54) is 88.3 Å². The summed E-state index contributed by atoms with van der Waals surface area (Å²) in [6.45, 7) is 9.48. The molecule has 2 heterocycles. The van der Waals surface area contributed by atoms with E-state index in [0.29, 0.717) is 0 Å². The molecular formula is C62H47N3. The maximum Gasteiger partial charge on any atom is 0.0628 e. The van der Waals surface area contributed by atoms with Crippen LogP contribution in [0.5, 0.6) is 0 Å². The highest BCUT2D eigenvalue weighted by molar-refractivity contribution is 6.21. The standard InChI is InChI=1S/C62H47N3/c1-61(2)53-21-13-11-19-48(53)50-31-29-46(38-55(50)61)64(47-30-32-51-49-20-12-14-22-54(49)62(3,4)56(51)39-47)45-27-23-40(24-28-45)42-26-33-57-52(37-42)59-58(65(57)44-17-9-6-10-18-44)34-25-41-35-36-63(60(41)59)43-15-7-5-8-16-43/h5-39H,1-4H3. The molecule has 3 nitrogen and oxygen atoms in total. The third-order valence-corrected chi connectivity index (χ3v) is 14.7. The van der Waals surface area contributed by atoms with E-state index in [4.69, 9.17) is 0 Å². The van der Waals surface area contributed by atoms with E-state index in [9.17, 15) is 0 Å². The Kier molecular flexibility index (Phi) is 8.00. The number of para-hydroxylation sites is 2. The van der Waals surface area contributed by atoms with Gasteiger partial charge in [0.05, 0.1) is 16.6 Å². The lowest BCUT2D eigenvalue weighted by atomic mass is 9.82. The molecule has 0 aliphatic heterocycles. The van der Waals surface area contributed by atoms with E-state index in [1.54, 1.807) is 0 Å². The summed E-state index contributed by atoms with van der Waals surface area (Å²) in [4.78, 5) is 2.47. The van der Waals surface area contributed by atoms with Crippen molar-refractivity contribution < 1.29 is 0 Å². The largest absolute Gasteiger partial charge is 0.316 e. The maximum absolute atomic E-state index is 2.47. The summed E-state index contributed by atoms with van der Waals surface area (Å²) in [6, 6.07) is 76.6. The molecule has 0 saturated heterocycles. The molecule has 0 spiro atoms. The first kappa shape index (κ1) is 37.7. The van der Waals surface area contributed by atoms with Crippen molar-refractivity contribution in [3.63, 3.8) is 0 Å². The first-order valence-electron chi connectivity index (χ1n) is 22.8. The number of aromatic nitrogens is 2. The zero-order valence-electron chi connectivity index (χ0n) is 37.0. The van der Waals surface area contributed by atoms with Crippen LogP contribution in [0.3, 0.4) is 0 Å². The Morgan fingerprint density at radius 1 is 0.385 bits per heavy atom. The minimum absolute atomic E-state index is 0.115. The summed E-state index contributed by atoms with van der Waals surface area (Å²) < 4.78 is 4.77. The van der Waals surface area contributed by atoms with Gasteiger partial charge in [-0.1, -0.05) is 149 Å². The van der Waals surface area contributed by atoms with Crippen molar-refractivity contribution in [1.82, 2.24) is 9.13 Å². The van der Waals surface area contributed by atoms with E-state index < -0.39 is 0 Å². The molecule has 0 radical (unpaired) electrons. The molecule has 0 atom stereocenters. The highest BCUT2D eigenvalue weighted by Gasteiger charge is 2.37. The Morgan fingerprint density at radius 2 is 0.892 bits per heavy atom. The lowest BCUT2D eigenvalue weighted by molar-refractivity contribution is 0.660. The maximum atomic E-state index is 2.47. The number of fused-ring (bicyclic) bond motifs is 11. The third kappa shape index (κ3) is 5.48. The molecule has 2 aliphatic rings. The summed E-state index contributed by atoms with van der Waals surface area (Å²) >= 11 is 0. The van der Waals surface area contributed by atoms with Crippen LogP contribution in [0.2, 0.25) is 0 Å². The molecule has 0 amide bonds. The summed E-state index contributed by atoms with van der Waals surface area (Å²) in [6.07, 6.45) is 2.21. The van der Waals surface area contributed by atoms with Crippen LogP contribution in [0.15, 0.2) is 212 Å². The van der Waals surface area contributed by atoms with Gasteiger partial charge >= 0.3 is 0 Å². The van der Waals surface area contributed by atoms with Gasteiger partial charge in [-0.2, -0.15) is 0 Å². The Balaban J connectivity index is 0.972. The van der Waals surface area contributed by atoms with Crippen molar-refractivity contribution >= 4 is 49.8 Å². The smallest absolute Gasteiger partial charge is 0.0628 e. The van der Waals surface area contributed by atoms with E-state index >= 15 is 0 Å². The van der Waals surface area contributed by atoms with Gasteiger partial charge in [-0.3, -0.25) is 0 Å². The molecule has 0 unspecified atom stereocenters. The van der Waals surface area contributed by atoms with Crippen molar-refractivity contribution in [1.29, 1.82) is 0 Å². The van der Waals surface area contributed by atoms with Gasteiger partial charge in [0.15, 0.2) is 0 Å². The molecule has 3 heteroatoms. The van der Waals surface area contributed by atoms with Crippen molar-refractivity contribution in [3.8, 4) is 44.8 Å². The summed E-state index contributed by atoms with van der Waals surface area (Å²) in [5.74, 6) is 0. The number of hydrogen-bond donors (Lipinski definition) is 0. The van der Waals surface area contributed by atoms with E-state index in [0.717, 1.165) is 28.4 Å². The average Bonchev–Trinajstić information content (AvgIpc) is 4.05. The number of nitrogens with zero attached hydrogens (tertiary/aromatic N) is 3. The van der Waals surface area contributed by atoms with Crippen LogP contribution < -0.4 is 4.90 Å². The lowest BCUT2D eigenvalue weighted by Gasteiger charge is -2.30.